The fourth-order valence-corrected chi connectivity index (χ4v) is 1.51. The van der Waals surface area contributed by atoms with Crippen LogP contribution in [0.4, 0.5) is 0 Å². The second kappa shape index (κ2) is 3.35. The highest BCUT2D eigenvalue weighted by Crippen LogP contribution is 2.31. The van der Waals surface area contributed by atoms with Gasteiger partial charge in [-0.25, -0.2) is 0 Å². The molecule has 1 unspecified atom stereocenters. The van der Waals surface area contributed by atoms with Crippen LogP contribution in [0.5, 0.6) is 11.5 Å². The van der Waals surface area contributed by atoms with Crippen LogP contribution < -0.4 is 9.47 Å². The van der Waals surface area contributed by atoms with Gasteiger partial charge in [0, 0.05) is 4.90 Å². The highest BCUT2D eigenvalue weighted by molar-refractivity contribution is 7.79. The van der Waals surface area contributed by atoms with Gasteiger partial charge < -0.3 is 14.0 Å². The predicted octanol–water partition coefficient (Wildman–Crippen LogP) is 0.696. The molecule has 2 rings (SSSR count). The van der Waals surface area contributed by atoms with Crippen LogP contribution in [0, 0.1) is 0 Å². The summed E-state index contributed by atoms with van der Waals surface area (Å²) in [6, 6.07) is 4.54. The minimum atomic E-state index is -2.21. The summed E-state index contributed by atoms with van der Waals surface area (Å²) in [5, 5.41) is 0. The molecule has 70 valence electrons. The molecule has 0 aromatic heterocycles. The van der Waals surface area contributed by atoms with Crippen LogP contribution in [-0.2, 0) is 11.1 Å². The molecule has 0 aliphatic carbocycles. The molecule has 0 N–H and O–H groups in total. The van der Waals surface area contributed by atoms with Crippen LogP contribution in [0.25, 0.3) is 0 Å². The lowest BCUT2D eigenvalue weighted by atomic mass is 10.3. The van der Waals surface area contributed by atoms with Crippen LogP contribution in [0.3, 0.4) is 0 Å². The first-order valence-corrected chi connectivity index (χ1v) is 4.84. The first kappa shape index (κ1) is 8.52. The Morgan fingerprint density at radius 3 is 2.62 bits per heavy atom. The second-order valence-electron chi connectivity index (χ2n) is 2.54. The average Bonchev–Trinajstić information content (AvgIpc) is 2.17. The molecule has 0 radical (unpaired) electrons. The highest BCUT2D eigenvalue weighted by atomic mass is 32.2. The van der Waals surface area contributed by atoms with Gasteiger partial charge in [-0.15, -0.1) is 0 Å². The van der Waals surface area contributed by atoms with E-state index in [1.54, 1.807) is 6.07 Å². The van der Waals surface area contributed by atoms with Crippen molar-refractivity contribution in [1.82, 2.24) is 0 Å². The van der Waals surface area contributed by atoms with Gasteiger partial charge in [-0.05, 0) is 29.3 Å². The first-order chi connectivity index (χ1) is 6.27. The monoisotopic (exact) mass is 199 g/mol. The molecule has 0 saturated heterocycles. The summed E-state index contributed by atoms with van der Waals surface area (Å²) < 4.78 is 31.6. The van der Waals surface area contributed by atoms with Gasteiger partial charge in [0.05, 0.1) is 0 Å². The maximum atomic E-state index is 10.6. The minimum Gasteiger partial charge on any atom is -0.768 e. The lowest BCUT2D eigenvalue weighted by Gasteiger charge is -2.19. The van der Waals surface area contributed by atoms with Crippen LogP contribution in [-0.4, -0.2) is 22.0 Å². The van der Waals surface area contributed by atoms with E-state index in [9.17, 15) is 8.76 Å². The number of ether oxygens (including phenoxy) is 2. The minimum absolute atomic E-state index is 0.212. The van der Waals surface area contributed by atoms with Gasteiger partial charge in [-0.1, -0.05) is 0 Å². The molecule has 5 heteroatoms. The van der Waals surface area contributed by atoms with Crippen molar-refractivity contribution in [3.63, 3.8) is 0 Å². The van der Waals surface area contributed by atoms with Crippen molar-refractivity contribution < 1.29 is 18.2 Å². The molecule has 1 aromatic carbocycles. The zero-order chi connectivity index (χ0) is 9.26. The SMILES string of the molecule is O=S([O-])c1ccc2c(c1)OCCO2. The van der Waals surface area contributed by atoms with E-state index in [4.69, 9.17) is 9.47 Å². The Morgan fingerprint density at radius 1 is 1.23 bits per heavy atom. The largest absolute Gasteiger partial charge is 0.768 e. The van der Waals surface area contributed by atoms with Gasteiger partial charge in [0.1, 0.15) is 13.2 Å². The molecule has 0 amide bonds. The van der Waals surface area contributed by atoms with E-state index in [0.29, 0.717) is 24.7 Å². The maximum Gasteiger partial charge on any atom is 0.162 e. The molecule has 0 bridgehead atoms. The van der Waals surface area contributed by atoms with Crippen LogP contribution >= 0.6 is 0 Å². The summed E-state index contributed by atoms with van der Waals surface area (Å²) >= 11 is -2.21. The normalized spacial score (nSPS) is 16.7. The Hall–Kier alpha value is -1.07. The van der Waals surface area contributed by atoms with E-state index >= 15 is 0 Å². The van der Waals surface area contributed by atoms with Crippen LogP contribution in [0.15, 0.2) is 23.1 Å². The van der Waals surface area contributed by atoms with Gasteiger partial charge in [-0.2, -0.15) is 0 Å². The summed E-state index contributed by atoms with van der Waals surface area (Å²) in [7, 11) is 0. The van der Waals surface area contributed by atoms with E-state index in [2.05, 4.69) is 0 Å². The van der Waals surface area contributed by atoms with Crippen molar-refractivity contribution in [3.8, 4) is 11.5 Å². The Bertz CT molecular complexity index is 350. The van der Waals surface area contributed by atoms with Crippen LogP contribution in [0.2, 0.25) is 0 Å². The quantitative estimate of drug-likeness (QED) is 0.624. The number of hydrogen-bond acceptors (Lipinski definition) is 4. The summed E-state index contributed by atoms with van der Waals surface area (Å²) in [6.45, 7) is 0.967. The highest BCUT2D eigenvalue weighted by Gasteiger charge is 2.11. The third-order valence-corrected chi connectivity index (χ3v) is 2.34. The summed E-state index contributed by atoms with van der Waals surface area (Å²) in [5.41, 5.74) is 0. The van der Waals surface area contributed by atoms with Gasteiger partial charge >= 0.3 is 0 Å². The summed E-state index contributed by atoms with van der Waals surface area (Å²) in [5.74, 6) is 1.09. The van der Waals surface area contributed by atoms with Crippen molar-refractivity contribution in [3.05, 3.63) is 18.2 Å². The summed E-state index contributed by atoms with van der Waals surface area (Å²) in [6.07, 6.45) is 0. The zero-order valence-electron chi connectivity index (χ0n) is 6.69. The smallest absolute Gasteiger partial charge is 0.162 e. The zero-order valence-corrected chi connectivity index (χ0v) is 7.50. The third-order valence-electron chi connectivity index (χ3n) is 1.71. The third kappa shape index (κ3) is 1.66. The predicted molar refractivity (Wildman–Crippen MR) is 44.6 cm³/mol. The van der Waals surface area contributed by atoms with E-state index in [-0.39, 0.29) is 4.90 Å². The maximum absolute atomic E-state index is 10.6. The molecular weight excluding hydrogens is 192 g/mol. The van der Waals surface area contributed by atoms with Crippen molar-refractivity contribution in [2.75, 3.05) is 13.2 Å². The van der Waals surface area contributed by atoms with E-state index < -0.39 is 11.1 Å². The van der Waals surface area contributed by atoms with E-state index in [1.807, 2.05) is 0 Å². The van der Waals surface area contributed by atoms with Crippen molar-refractivity contribution >= 4 is 11.1 Å². The molecule has 1 aliphatic heterocycles. The number of hydrogen-bond donors (Lipinski definition) is 0. The number of benzene rings is 1. The number of fused-ring (bicyclic) bond motifs is 1. The van der Waals surface area contributed by atoms with Gasteiger partial charge in [-0.3, -0.25) is 4.21 Å². The molecule has 1 aliphatic rings. The molecule has 1 atom stereocenters. The Kier molecular flexibility index (Phi) is 2.20. The average molecular weight is 199 g/mol. The lowest BCUT2D eigenvalue weighted by molar-refractivity contribution is 0.171. The Morgan fingerprint density at radius 2 is 1.92 bits per heavy atom. The molecular formula is C8H7O4S-. The Labute approximate surface area is 77.8 Å². The fraction of sp³-hybridized carbons (Fsp3) is 0.250. The van der Waals surface area contributed by atoms with E-state index in [1.165, 1.54) is 12.1 Å². The van der Waals surface area contributed by atoms with Gasteiger partial charge in [0.2, 0.25) is 0 Å². The van der Waals surface area contributed by atoms with Gasteiger partial charge in [0.15, 0.2) is 11.5 Å². The molecule has 0 spiro atoms. The Balaban J connectivity index is 2.40. The lowest BCUT2D eigenvalue weighted by Crippen LogP contribution is -2.15. The van der Waals surface area contributed by atoms with Gasteiger partial charge in [0.25, 0.3) is 0 Å². The van der Waals surface area contributed by atoms with Crippen molar-refractivity contribution in [2.24, 2.45) is 0 Å². The molecule has 1 aromatic rings. The van der Waals surface area contributed by atoms with Crippen LogP contribution in [0.1, 0.15) is 0 Å². The molecule has 13 heavy (non-hydrogen) atoms. The number of rotatable bonds is 1. The fourth-order valence-electron chi connectivity index (χ4n) is 1.13. The van der Waals surface area contributed by atoms with Crippen molar-refractivity contribution in [2.45, 2.75) is 4.90 Å². The molecule has 0 saturated carbocycles. The summed E-state index contributed by atoms with van der Waals surface area (Å²) in [4.78, 5) is 0.212. The second-order valence-corrected chi connectivity index (χ2v) is 3.48. The molecule has 0 fully saturated rings. The standard InChI is InChI=1S/C8H8O4S/c9-13(10)6-1-2-7-8(5-6)12-4-3-11-7/h1-2,5H,3-4H2,(H,9,10)/p-1. The molecule has 4 nitrogen and oxygen atoms in total. The van der Waals surface area contributed by atoms with E-state index in [0.717, 1.165) is 0 Å². The molecule has 1 heterocycles. The topological polar surface area (TPSA) is 58.6 Å². The van der Waals surface area contributed by atoms with Crippen molar-refractivity contribution in [1.29, 1.82) is 0 Å². The first-order valence-electron chi connectivity index (χ1n) is 3.76.